The molecule has 0 amide bonds. The van der Waals surface area contributed by atoms with Crippen LogP contribution in [0.2, 0.25) is 0 Å². The van der Waals surface area contributed by atoms with Gasteiger partial charge in [0, 0.05) is 25.7 Å². The Balaban J connectivity index is 1.93. The summed E-state index contributed by atoms with van der Waals surface area (Å²) in [6, 6.07) is 4.68. The molecule has 3 heteroatoms. The molecule has 1 unspecified atom stereocenters. The predicted molar refractivity (Wildman–Crippen MR) is 65.2 cm³/mol. The lowest BCUT2D eigenvalue weighted by atomic mass is 10.0. The second-order valence-corrected chi connectivity index (χ2v) is 5.04. The van der Waals surface area contributed by atoms with Crippen LogP contribution in [-0.2, 0) is 6.54 Å². The molecule has 0 saturated carbocycles. The fourth-order valence-electron chi connectivity index (χ4n) is 2.39. The van der Waals surface area contributed by atoms with Crippen LogP contribution in [0.4, 0.5) is 0 Å². The Labute approximate surface area is 97.8 Å². The molecule has 1 aromatic rings. The molecule has 16 heavy (non-hydrogen) atoms. The van der Waals surface area contributed by atoms with Crippen LogP contribution in [0.15, 0.2) is 22.8 Å². The maximum absolute atomic E-state index is 5.43. The van der Waals surface area contributed by atoms with Crippen LogP contribution in [0.1, 0.15) is 26.0 Å². The van der Waals surface area contributed by atoms with E-state index in [1.54, 1.807) is 6.26 Å². The molecule has 1 aliphatic heterocycles. The third kappa shape index (κ3) is 3.09. The molecular weight excluding hydrogens is 200 g/mol. The molecular formula is C13H22N2O. The highest BCUT2D eigenvalue weighted by Gasteiger charge is 2.23. The molecule has 2 heterocycles. The van der Waals surface area contributed by atoms with Gasteiger partial charge in [-0.1, -0.05) is 13.8 Å². The molecule has 0 aromatic carbocycles. The Morgan fingerprint density at radius 3 is 3.12 bits per heavy atom. The first kappa shape index (κ1) is 11.7. The Morgan fingerprint density at radius 2 is 2.44 bits per heavy atom. The zero-order valence-electron chi connectivity index (χ0n) is 10.3. The van der Waals surface area contributed by atoms with Crippen LogP contribution in [0.3, 0.4) is 0 Å². The van der Waals surface area contributed by atoms with Gasteiger partial charge in [-0.05, 0) is 24.5 Å². The Kier molecular flexibility index (Phi) is 4.02. The molecule has 1 atom stereocenters. The van der Waals surface area contributed by atoms with Crippen molar-refractivity contribution < 1.29 is 4.42 Å². The molecule has 1 fully saturated rings. The van der Waals surface area contributed by atoms with Crippen LogP contribution in [0, 0.1) is 5.92 Å². The number of rotatable bonds is 4. The van der Waals surface area contributed by atoms with Crippen LogP contribution < -0.4 is 5.32 Å². The number of piperazine rings is 1. The number of nitrogens with one attached hydrogen (secondary N) is 1. The molecule has 3 nitrogen and oxygen atoms in total. The maximum Gasteiger partial charge on any atom is 0.117 e. The molecule has 90 valence electrons. The van der Waals surface area contributed by atoms with Crippen molar-refractivity contribution in [2.24, 2.45) is 5.92 Å². The van der Waals surface area contributed by atoms with Gasteiger partial charge in [-0.15, -0.1) is 0 Å². The molecule has 0 aliphatic carbocycles. The third-order valence-electron chi connectivity index (χ3n) is 3.15. The normalized spacial score (nSPS) is 22.8. The first-order chi connectivity index (χ1) is 7.75. The van der Waals surface area contributed by atoms with Gasteiger partial charge in [0.25, 0.3) is 0 Å². The van der Waals surface area contributed by atoms with Gasteiger partial charge in [0.05, 0.1) is 12.8 Å². The topological polar surface area (TPSA) is 28.4 Å². The lowest BCUT2D eigenvalue weighted by molar-refractivity contribution is 0.125. The number of hydrogen-bond acceptors (Lipinski definition) is 3. The summed E-state index contributed by atoms with van der Waals surface area (Å²) in [5, 5.41) is 3.48. The summed E-state index contributed by atoms with van der Waals surface area (Å²) in [4.78, 5) is 2.54. The predicted octanol–water partition coefficient (Wildman–Crippen LogP) is 2.10. The van der Waals surface area contributed by atoms with Gasteiger partial charge in [-0.25, -0.2) is 0 Å². The number of hydrogen-bond donors (Lipinski definition) is 1. The van der Waals surface area contributed by atoms with Gasteiger partial charge >= 0.3 is 0 Å². The quantitative estimate of drug-likeness (QED) is 0.845. The van der Waals surface area contributed by atoms with E-state index in [1.807, 2.05) is 6.07 Å². The van der Waals surface area contributed by atoms with Crippen molar-refractivity contribution in [3.8, 4) is 0 Å². The first-order valence-electron chi connectivity index (χ1n) is 6.23. The van der Waals surface area contributed by atoms with Gasteiger partial charge in [0.1, 0.15) is 5.76 Å². The minimum absolute atomic E-state index is 0.652. The minimum Gasteiger partial charge on any atom is -0.468 e. The smallest absolute Gasteiger partial charge is 0.117 e. The van der Waals surface area contributed by atoms with Crippen molar-refractivity contribution in [3.05, 3.63) is 24.2 Å². The SMILES string of the molecule is CC(C)CC1CNCCN1Cc1ccco1. The van der Waals surface area contributed by atoms with E-state index < -0.39 is 0 Å². The molecule has 1 aromatic heterocycles. The number of nitrogens with zero attached hydrogens (tertiary/aromatic N) is 1. The second kappa shape index (κ2) is 5.51. The lowest BCUT2D eigenvalue weighted by Crippen LogP contribution is -2.51. The zero-order chi connectivity index (χ0) is 11.4. The number of furan rings is 1. The largest absolute Gasteiger partial charge is 0.468 e. The highest BCUT2D eigenvalue weighted by molar-refractivity contribution is 4.99. The summed E-state index contributed by atoms with van der Waals surface area (Å²) in [6.45, 7) is 8.86. The highest BCUT2D eigenvalue weighted by Crippen LogP contribution is 2.16. The average molecular weight is 222 g/mol. The molecule has 0 radical (unpaired) electrons. The first-order valence-corrected chi connectivity index (χ1v) is 6.23. The molecule has 1 N–H and O–H groups in total. The summed E-state index contributed by atoms with van der Waals surface area (Å²) in [7, 11) is 0. The monoisotopic (exact) mass is 222 g/mol. The molecule has 0 bridgehead atoms. The van der Waals surface area contributed by atoms with Gasteiger partial charge in [-0.2, -0.15) is 0 Å². The van der Waals surface area contributed by atoms with Crippen LogP contribution >= 0.6 is 0 Å². The Bertz CT molecular complexity index is 295. The van der Waals surface area contributed by atoms with Gasteiger partial charge in [0.15, 0.2) is 0 Å². The standard InChI is InChI=1S/C13H22N2O/c1-11(2)8-12-9-14-5-6-15(12)10-13-4-3-7-16-13/h3-4,7,11-12,14H,5-6,8-10H2,1-2H3. The molecule has 0 spiro atoms. The summed E-state index contributed by atoms with van der Waals surface area (Å²) in [5.41, 5.74) is 0. The van der Waals surface area contributed by atoms with Crippen molar-refractivity contribution in [2.75, 3.05) is 19.6 Å². The van der Waals surface area contributed by atoms with E-state index in [0.29, 0.717) is 6.04 Å². The van der Waals surface area contributed by atoms with Crippen LogP contribution in [0.25, 0.3) is 0 Å². The second-order valence-electron chi connectivity index (χ2n) is 5.04. The summed E-state index contributed by atoms with van der Waals surface area (Å²) >= 11 is 0. The average Bonchev–Trinajstić information content (AvgIpc) is 2.73. The van der Waals surface area contributed by atoms with Gasteiger partial charge in [-0.3, -0.25) is 4.90 Å². The van der Waals surface area contributed by atoms with E-state index in [0.717, 1.165) is 37.9 Å². The lowest BCUT2D eigenvalue weighted by Gasteiger charge is -2.36. The van der Waals surface area contributed by atoms with Crippen molar-refractivity contribution >= 4 is 0 Å². The van der Waals surface area contributed by atoms with E-state index in [9.17, 15) is 0 Å². The third-order valence-corrected chi connectivity index (χ3v) is 3.15. The van der Waals surface area contributed by atoms with E-state index in [4.69, 9.17) is 4.42 Å². The van der Waals surface area contributed by atoms with Crippen molar-refractivity contribution in [1.82, 2.24) is 10.2 Å². The molecule has 1 aliphatic rings. The maximum atomic E-state index is 5.43. The summed E-state index contributed by atoms with van der Waals surface area (Å²) in [6.07, 6.45) is 3.02. The van der Waals surface area contributed by atoms with Gasteiger partial charge < -0.3 is 9.73 Å². The minimum atomic E-state index is 0.652. The van der Waals surface area contributed by atoms with Crippen LogP contribution in [0.5, 0.6) is 0 Å². The highest BCUT2D eigenvalue weighted by atomic mass is 16.3. The fraction of sp³-hybridized carbons (Fsp3) is 0.692. The van der Waals surface area contributed by atoms with E-state index in [2.05, 4.69) is 30.1 Å². The van der Waals surface area contributed by atoms with E-state index >= 15 is 0 Å². The summed E-state index contributed by atoms with van der Waals surface area (Å²) in [5.74, 6) is 1.83. The van der Waals surface area contributed by atoms with Gasteiger partial charge in [0.2, 0.25) is 0 Å². The van der Waals surface area contributed by atoms with Crippen LogP contribution in [-0.4, -0.2) is 30.6 Å². The van der Waals surface area contributed by atoms with Crippen molar-refractivity contribution in [3.63, 3.8) is 0 Å². The Morgan fingerprint density at radius 1 is 1.56 bits per heavy atom. The zero-order valence-corrected chi connectivity index (χ0v) is 10.3. The van der Waals surface area contributed by atoms with Crippen molar-refractivity contribution in [1.29, 1.82) is 0 Å². The Hall–Kier alpha value is -0.800. The summed E-state index contributed by atoms with van der Waals surface area (Å²) < 4.78 is 5.43. The molecule has 2 rings (SSSR count). The van der Waals surface area contributed by atoms with E-state index in [1.165, 1.54) is 6.42 Å². The molecule has 1 saturated heterocycles. The van der Waals surface area contributed by atoms with Crippen molar-refractivity contribution in [2.45, 2.75) is 32.9 Å². The fourth-order valence-corrected chi connectivity index (χ4v) is 2.39. The van der Waals surface area contributed by atoms with E-state index in [-0.39, 0.29) is 0 Å².